The first-order valence-corrected chi connectivity index (χ1v) is 33.7. The molecule has 3 nitrogen and oxygen atoms in total. The first kappa shape index (κ1) is 44.4. The lowest BCUT2D eigenvalue weighted by molar-refractivity contribution is 0.194. The quantitative estimate of drug-likeness (QED) is 0.154. The van der Waals surface area contributed by atoms with Crippen LogP contribution in [0.25, 0.3) is 22.3 Å². The van der Waals surface area contributed by atoms with Crippen LogP contribution in [0.3, 0.4) is 0 Å². The Bertz CT molecular complexity index is 3280. The molecule has 7 aromatic rings. The molecule has 0 bridgehead atoms. The third-order valence-corrected chi connectivity index (χ3v) is 23.5. The molecule has 6 aliphatic rings. The fourth-order valence-corrected chi connectivity index (χ4v) is 17.3. The standard InChI is InChI=1S/C64H70BN3Si2/c1-61-33-17-19-35-63(61,3)67(55-32-30-49(40-51(55)61)69(5,6)7)48-38-57-59-58(39-48)68-60-52(62(2)34-18-20-36-64(62,68)4)41-50(70(8,9)10)42-54(60)65(59)53-37-46(44-23-15-12-16-24-44)27-31-56(53)66(57)47-28-25-45(26-29-47)43-21-13-11-14-22-43/h11-16,21-32,37-42H,17-20,33-36H2,1-10H3. The Morgan fingerprint density at radius 1 is 0.414 bits per heavy atom. The van der Waals surface area contributed by atoms with Gasteiger partial charge >= 0.3 is 0 Å². The van der Waals surface area contributed by atoms with Crippen molar-refractivity contribution in [2.24, 2.45) is 0 Å². The normalized spacial score (nSPS) is 24.9. The van der Waals surface area contributed by atoms with Crippen LogP contribution in [0.1, 0.15) is 90.2 Å². The first-order valence-electron chi connectivity index (χ1n) is 26.7. The van der Waals surface area contributed by atoms with Crippen LogP contribution in [-0.2, 0) is 10.8 Å². The molecule has 13 rings (SSSR count). The van der Waals surface area contributed by atoms with Crippen molar-refractivity contribution in [3.05, 3.63) is 157 Å². The minimum atomic E-state index is -1.76. The lowest BCUT2D eigenvalue weighted by Gasteiger charge is -2.53. The van der Waals surface area contributed by atoms with Gasteiger partial charge in [-0.05, 0) is 126 Å². The fraction of sp³-hybridized carbons (Fsp3) is 0.344. The minimum Gasteiger partial charge on any atom is -0.335 e. The van der Waals surface area contributed by atoms with E-state index in [2.05, 4.69) is 227 Å². The van der Waals surface area contributed by atoms with Gasteiger partial charge in [-0.3, -0.25) is 0 Å². The van der Waals surface area contributed by atoms with E-state index in [1.807, 2.05) is 0 Å². The van der Waals surface area contributed by atoms with Gasteiger partial charge in [0.2, 0.25) is 0 Å². The van der Waals surface area contributed by atoms with Crippen molar-refractivity contribution in [1.29, 1.82) is 0 Å². The predicted molar refractivity (Wildman–Crippen MR) is 308 cm³/mol. The molecular formula is C64H70BN3Si2. The molecule has 70 heavy (non-hydrogen) atoms. The van der Waals surface area contributed by atoms with Gasteiger partial charge in [0.15, 0.2) is 0 Å². The summed E-state index contributed by atoms with van der Waals surface area (Å²) in [6.45, 7) is 25.9. The van der Waals surface area contributed by atoms with Crippen molar-refractivity contribution in [2.75, 3.05) is 14.7 Å². The maximum Gasteiger partial charge on any atom is 0.252 e. The van der Waals surface area contributed by atoms with Crippen molar-refractivity contribution >= 4 is 89.4 Å². The molecule has 4 atom stereocenters. The second-order valence-electron chi connectivity index (χ2n) is 25.2. The molecule has 4 heterocycles. The number of anilines is 7. The van der Waals surface area contributed by atoms with Gasteiger partial charge in [0.25, 0.3) is 6.71 Å². The minimum absolute atomic E-state index is 0.0183. The van der Waals surface area contributed by atoms with Crippen LogP contribution < -0.4 is 41.5 Å². The molecule has 4 unspecified atom stereocenters. The zero-order valence-electron chi connectivity index (χ0n) is 43.4. The summed E-state index contributed by atoms with van der Waals surface area (Å²) >= 11 is 0. The van der Waals surface area contributed by atoms with Gasteiger partial charge in [-0.15, -0.1) is 0 Å². The van der Waals surface area contributed by atoms with Crippen LogP contribution in [0.4, 0.5) is 39.8 Å². The summed E-state index contributed by atoms with van der Waals surface area (Å²) in [6.07, 6.45) is 9.89. The van der Waals surface area contributed by atoms with E-state index in [-0.39, 0.29) is 28.6 Å². The largest absolute Gasteiger partial charge is 0.335 e. The van der Waals surface area contributed by atoms with Gasteiger partial charge in [0, 0.05) is 50.6 Å². The first-order chi connectivity index (χ1) is 33.4. The van der Waals surface area contributed by atoms with Crippen LogP contribution in [0.15, 0.2) is 146 Å². The van der Waals surface area contributed by atoms with E-state index in [9.17, 15) is 0 Å². The molecule has 352 valence electrons. The van der Waals surface area contributed by atoms with Crippen LogP contribution >= 0.6 is 0 Å². The molecule has 0 saturated heterocycles. The summed E-state index contributed by atoms with van der Waals surface area (Å²) in [5, 5.41) is 3.17. The number of hydrogen-bond donors (Lipinski definition) is 0. The Morgan fingerprint density at radius 3 is 1.59 bits per heavy atom. The lowest BCUT2D eigenvalue weighted by atomic mass is 9.33. The second kappa shape index (κ2) is 15.0. The third-order valence-electron chi connectivity index (χ3n) is 19.4. The summed E-state index contributed by atoms with van der Waals surface area (Å²) in [7, 11) is -3.34. The van der Waals surface area contributed by atoms with Gasteiger partial charge < -0.3 is 14.7 Å². The Morgan fingerprint density at radius 2 is 0.943 bits per heavy atom. The Balaban J connectivity index is 1.14. The highest BCUT2D eigenvalue weighted by Gasteiger charge is 2.63. The van der Waals surface area contributed by atoms with Gasteiger partial charge in [-0.1, -0.05) is 198 Å². The summed E-state index contributed by atoms with van der Waals surface area (Å²) in [4.78, 5) is 8.54. The van der Waals surface area contributed by atoms with Crippen molar-refractivity contribution in [3.8, 4) is 22.3 Å². The monoisotopic (exact) mass is 948 g/mol. The molecule has 0 amide bonds. The van der Waals surface area contributed by atoms with E-state index < -0.39 is 16.1 Å². The predicted octanol–water partition coefficient (Wildman–Crippen LogP) is 14.2. The van der Waals surface area contributed by atoms with E-state index in [4.69, 9.17) is 0 Å². The second-order valence-corrected chi connectivity index (χ2v) is 35.4. The smallest absolute Gasteiger partial charge is 0.252 e. The summed E-state index contributed by atoms with van der Waals surface area (Å²) in [5.74, 6) is 0. The van der Waals surface area contributed by atoms with Crippen molar-refractivity contribution in [2.45, 2.75) is 140 Å². The van der Waals surface area contributed by atoms with Crippen LogP contribution in [0.5, 0.6) is 0 Å². The highest BCUT2D eigenvalue weighted by molar-refractivity contribution is 7.01. The van der Waals surface area contributed by atoms with E-state index in [0.29, 0.717) is 0 Å². The summed E-state index contributed by atoms with van der Waals surface area (Å²) in [5.41, 5.74) is 22.1. The maximum absolute atomic E-state index is 2.97. The molecule has 0 N–H and O–H groups in total. The van der Waals surface area contributed by atoms with Crippen molar-refractivity contribution in [1.82, 2.24) is 0 Å². The fourth-order valence-electron chi connectivity index (χ4n) is 15.0. The number of rotatable bonds is 6. The van der Waals surface area contributed by atoms with E-state index in [0.717, 1.165) is 0 Å². The van der Waals surface area contributed by atoms with Gasteiger partial charge in [0.05, 0.1) is 27.2 Å². The van der Waals surface area contributed by atoms with Gasteiger partial charge in [-0.25, -0.2) is 0 Å². The number of hydrogen-bond acceptors (Lipinski definition) is 3. The zero-order valence-corrected chi connectivity index (χ0v) is 45.4. The zero-order chi connectivity index (χ0) is 48.3. The third kappa shape index (κ3) is 5.99. The average molecular weight is 948 g/mol. The molecule has 0 spiro atoms. The molecule has 0 radical (unpaired) electrons. The van der Waals surface area contributed by atoms with Crippen molar-refractivity contribution in [3.63, 3.8) is 0 Å². The molecular weight excluding hydrogens is 878 g/mol. The Labute approximate surface area is 421 Å². The van der Waals surface area contributed by atoms with E-state index in [1.54, 1.807) is 21.5 Å². The summed E-state index contributed by atoms with van der Waals surface area (Å²) < 4.78 is 0. The topological polar surface area (TPSA) is 9.72 Å². The van der Waals surface area contributed by atoms with E-state index >= 15 is 0 Å². The maximum atomic E-state index is 2.97. The van der Waals surface area contributed by atoms with E-state index in [1.165, 1.54) is 130 Å². The Hall–Kier alpha value is -5.56. The molecule has 6 heteroatoms. The molecule has 7 aromatic carbocycles. The highest BCUT2D eigenvalue weighted by atomic mass is 28.3. The van der Waals surface area contributed by atoms with Crippen molar-refractivity contribution < 1.29 is 0 Å². The summed E-state index contributed by atoms with van der Waals surface area (Å²) in [6, 6.07) is 57.5. The highest BCUT2D eigenvalue weighted by Crippen LogP contribution is 2.64. The van der Waals surface area contributed by atoms with Gasteiger partial charge in [0.1, 0.15) is 0 Å². The van der Waals surface area contributed by atoms with Crippen LogP contribution in [0, 0.1) is 0 Å². The number of benzene rings is 7. The number of fused-ring (bicyclic) bond motifs is 10. The molecule has 4 aliphatic heterocycles. The molecule has 0 aromatic heterocycles. The number of nitrogens with zero attached hydrogens (tertiary/aromatic N) is 3. The molecule has 2 saturated carbocycles. The average Bonchev–Trinajstić information content (AvgIpc) is 3.70. The van der Waals surface area contributed by atoms with Gasteiger partial charge in [-0.2, -0.15) is 0 Å². The Kier molecular flexibility index (Phi) is 9.51. The SMILES string of the molecule is CC12CCCCC1(C)N(c1cc3c4c(c1)N1c5c(cc([Si](C)(C)C)cc5C5(C)CCCCC15C)B4c1cc(-c4ccccc4)ccc1N3c1ccc(-c3ccccc3)cc1)c1ccc([Si](C)(C)C)cc12. The van der Waals surface area contributed by atoms with Crippen LogP contribution in [0.2, 0.25) is 39.3 Å². The van der Waals surface area contributed by atoms with Crippen LogP contribution in [-0.4, -0.2) is 33.9 Å². The molecule has 2 aliphatic carbocycles. The lowest BCUT2D eigenvalue weighted by Crippen LogP contribution is -2.65. The molecule has 2 fully saturated rings.